The molecule has 1 unspecified atom stereocenters. The van der Waals surface area contributed by atoms with E-state index in [1.807, 2.05) is 6.92 Å². The van der Waals surface area contributed by atoms with Crippen LogP contribution in [0.4, 0.5) is 0 Å². The summed E-state index contributed by atoms with van der Waals surface area (Å²) in [5.41, 5.74) is 2.52. The third kappa shape index (κ3) is 2.03. The maximum absolute atomic E-state index is 9.59. The monoisotopic (exact) mass is 194 g/mol. The van der Waals surface area contributed by atoms with E-state index in [1.54, 1.807) is 12.1 Å². The molecule has 0 aliphatic carbocycles. The Balaban J connectivity index is 3.54. The molecular formula is C14H10O. The third-order valence-electron chi connectivity index (χ3n) is 2.07. The third-order valence-corrected chi connectivity index (χ3v) is 2.07. The number of aryl methyl sites for hydroxylation is 1. The van der Waals surface area contributed by atoms with E-state index >= 15 is 0 Å². The zero-order valence-corrected chi connectivity index (χ0v) is 8.41. The molecule has 0 aromatic heterocycles. The highest BCUT2D eigenvalue weighted by Gasteiger charge is 2.12. The van der Waals surface area contributed by atoms with E-state index in [1.165, 1.54) is 0 Å². The van der Waals surface area contributed by atoms with Crippen LogP contribution in [0.15, 0.2) is 12.1 Å². The van der Waals surface area contributed by atoms with Gasteiger partial charge in [-0.2, -0.15) is 0 Å². The average molecular weight is 194 g/mol. The molecule has 72 valence electrons. The number of aliphatic hydroxyl groups is 1. The molecule has 1 aromatic carbocycles. The van der Waals surface area contributed by atoms with Gasteiger partial charge in [0.1, 0.15) is 6.10 Å². The standard InChI is InChI=1S/C14H10O/c1-5-11-8-10(4)9-13(12(11)6-2)14(15)7-3/h1-3,8-9,14-15H,4H3. The molecule has 0 spiro atoms. The van der Waals surface area contributed by atoms with Crippen molar-refractivity contribution in [3.63, 3.8) is 0 Å². The van der Waals surface area contributed by atoms with Crippen molar-refractivity contribution in [2.75, 3.05) is 0 Å². The Hall–Kier alpha value is -2.14. The molecule has 0 radical (unpaired) electrons. The van der Waals surface area contributed by atoms with Crippen molar-refractivity contribution < 1.29 is 5.11 Å². The van der Waals surface area contributed by atoms with Crippen LogP contribution in [0.2, 0.25) is 0 Å². The van der Waals surface area contributed by atoms with Gasteiger partial charge in [-0.3, -0.25) is 0 Å². The van der Waals surface area contributed by atoms with E-state index in [2.05, 4.69) is 17.8 Å². The van der Waals surface area contributed by atoms with Crippen molar-refractivity contribution in [3.05, 3.63) is 34.4 Å². The van der Waals surface area contributed by atoms with Gasteiger partial charge in [0.05, 0.1) is 0 Å². The molecule has 1 rings (SSSR count). The molecule has 1 nitrogen and oxygen atoms in total. The van der Waals surface area contributed by atoms with Crippen molar-refractivity contribution >= 4 is 0 Å². The van der Waals surface area contributed by atoms with Crippen LogP contribution in [0.1, 0.15) is 28.4 Å². The summed E-state index contributed by atoms with van der Waals surface area (Å²) in [6.07, 6.45) is 14.8. The van der Waals surface area contributed by atoms with Gasteiger partial charge in [0.15, 0.2) is 0 Å². The minimum Gasteiger partial charge on any atom is -0.376 e. The lowest BCUT2D eigenvalue weighted by Crippen LogP contribution is -2.01. The molecule has 0 heterocycles. The second-order valence-electron chi connectivity index (χ2n) is 3.13. The maximum Gasteiger partial charge on any atom is 0.141 e. The number of hydrogen-bond donors (Lipinski definition) is 1. The zero-order valence-electron chi connectivity index (χ0n) is 8.41. The Labute approximate surface area is 90.1 Å². The number of rotatable bonds is 1. The summed E-state index contributed by atoms with van der Waals surface area (Å²) in [4.78, 5) is 0. The predicted octanol–water partition coefficient (Wildman–Crippen LogP) is 1.62. The highest BCUT2D eigenvalue weighted by molar-refractivity contribution is 5.56. The molecule has 1 N–H and O–H groups in total. The molecule has 0 bridgehead atoms. The molecule has 0 aliphatic heterocycles. The minimum absolute atomic E-state index is 0.494. The first kappa shape index (κ1) is 10.9. The summed E-state index contributed by atoms with van der Waals surface area (Å²) >= 11 is 0. The first-order valence-corrected chi connectivity index (χ1v) is 4.36. The van der Waals surface area contributed by atoms with Crippen molar-refractivity contribution in [3.8, 4) is 37.0 Å². The summed E-state index contributed by atoms with van der Waals surface area (Å²) in [6, 6.07) is 3.54. The van der Waals surface area contributed by atoms with E-state index in [-0.39, 0.29) is 0 Å². The Bertz CT molecular complexity index is 504. The first-order chi connectivity index (χ1) is 7.13. The van der Waals surface area contributed by atoms with Crippen LogP contribution < -0.4 is 0 Å². The Kier molecular flexibility index (Phi) is 3.20. The van der Waals surface area contributed by atoms with Crippen molar-refractivity contribution in [1.82, 2.24) is 0 Å². The molecule has 15 heavy (non-hydrogen) atoms. The Morgan fingerprint density at radius 2 is 1.87 bits per heavy atom. The lowest BCUT2D eigenvalue weighted by atomic mass is 9.95. The molecule has 0 saturated carbocycles. The second-order valence-corrected chi connectivity index (χ2v) is 3.13. The topological polar surface area (TPSA) is 20.2 Å². The normalized spacial score (nSPS) is 10.9. The Morgan fingerprint density at radius 3 is 2.33 bits per heavy atom. The maximum atomic E-state index is 9.59. The first-order valence-electron chi connectivity index (χ1n) is 4.36. The molecule has 1 heteroatoms. The van der Waals surface area contributed by atoms with Crippen LogP contribution >= 0.6 is 0 Å². The van der Waals surface area contributed by atoms with Gasteiger partial charge >= 0.3 is 0 Å². The number of aliphatic hydroxyl groups excluding tert-OH is 1. The highest BCUT2D eigenvalue weighted by atomic mass is 16.3. The molecule has 1 aromatic rings. The molecule has 0 fully saturated rings. The molecule has 0 amide bonds. The van der Waals surface area contributed by atoms with E-state index in [0.717, 1.165) is 5.56 Å². The number of hydrogen-bond acceptors (Lipinski definition) is 1. The van der Waals surface area contributed by atoms with Gasteiger partial charge in [0.25, 0.3) is 0 Å². The fourth-order valence-corrected chi connectivity index (χ4v) is 1.39. The summed E-state index contributed by atoms with van der Waals surface area (Å²) < 4.78 is 0. The van der Waals surface area contributed by atoms with Gasteiger partial charge < -0.3 is 5.11 Å². The number of benzene rings is 1. The van der Waals surface area contributed by atoms with E-state index < -0.39 is 6.10 Å². The van der Waals surface area contributed by atoms with Gasteiger partial charge in [-0.1, -0.05) is 23.8 Å². The van der Waals surface area contributed by atoms with Gasteiger partial charge in [0, 0.05) is 16.7 Å². The van der Waals surface area contributed by atoms with Crippen LogP contribution in [0.5, 0.6) is 0 Å². The smallest absolute Gasteiger partial charge is 0.141 e. The quantitative estimate of drug-likeness (QED) is 0.674. The van der Waals surface area contributed by atoms with E-state index in [0.29, 0.717) is 16.7 Å². The zero-order chi connectivity index (χ0) is 11.4. The molecular weight excluding hydrogens is 184 g/mol. The second kappa shape index (κ2) is 4.39. The van der Waals surface area contributed by atoms with Crippen LogP contribution in [0.3, 0.4) is 0 Å². The summed E-state index contributed by atoms with van der Waals surface area (Å²) in [7, 11) is 0. The predicted molar refractivity (Wildman–Crippen MR) is 60.8 cm³/mol. The SMILES string of the molecule is C#Cc1cc(C)cc(C(O)C#C)c1C#C. The Morgan fingerprint density at radius 1 is 1.20 bits per heavy atom. The van der Waals surface area contributed by atoms with Gasteiger partial charge in [-0.15, -0.1) is 19.3 Å². The van der Waals surface area contributed by atoms with Crippen molar-refractivity contribution in [1.29, 1.82) is 0 Å². The molecule has 0 aliphatic rings. The van der Waals surface area contributed by atoms with Crippen LogP contribution in [-0.2, 0) is 0 Å². The van der Waals surface area contributed by atoms with Crippen LogP contribution in [0, 0.1) is 44.0 Å². The van der Waals surface area contributed by atoms with Gasteiger partial charge in [-0.25, -0.2) is 0 Å². The average Bonchev–Trinajstić information content (AvgIpc) is 2.26. The summed E-state index contributed by atoms with van der Waals surface area (Å²) in [5, 5.41) is 9.59. The van der Waals surface area contributed by atoms with E-state index in [4.69, 9.17) is 19.3 Å². The fourth-order valence-electron chi connectivity index (χ4n) is 1.39. The largest absolute Gasteiger partial charge is 0.376 e. The summed E-state index contributed by atoms with van der Waals surface area (Å²) in [6.45, 7) is 1.87. The van der Waals surface area contributed by atoms with Crippen LogP contribution in [-0.4, -0.2) is 5.11 Å². The summed E-state index contributed by atoms with van der Waals surface area (Å²) in [5.74, 6) is 7.17. The lowest BCUT2D eigenvalue weighted by Gasteiger charge is -2.10. The molecule has 0 saturated heterocycles. The lowest BCUT2D eigenvalue weighted by molar-refractivity contribution is 0.238. The van der Waals surface area contributed by atoms with Gasteiger partial charge in [-0.05, 0) is 18.6 Å². The highest BCUT2D eigenvalue weighted by Crippen LogP contribution is 2.22. The van der Waals surface area contributed by atoms with Crippen molar-refractivity contribution in [2.45, 2.75) is 13.0 Å². The minimum atomic E-state index is -1.01. The fraction of sp³-hybridized carbons (Fsp3) is 0.143. The van der Waals surface area contributed by atoms with E-state index in [9.17, 15) is 5.11 Å². The van der Waals surface area contributed by atoms with Crippen molar-refractivity contribution in [2.24, 2.45) is 0 Å². The number of terminal acetylenes is 3. The van der Waals surface area contributed by atoms with Crippen LogP contribution in [0.25, 0.3) is 0 Å². The van der Waals surface area contributed by atoms with Gasteiger partial charge in [0.2, 0.25) is 0 Å². The molecule has 1 atom stereocenters.